The summed E-state index contributed by atoms with van der Waals surface area (Å²) in [5.41, 5.74) is 3.01. The Morgan fingerprint density at radius 2 is 2.12 bits per heavy atom. The van der Waals surface area contributed by atoms with Crippen LogP contribution in [0.4, 0.5) is 0 Å². The third kappa shape index (κ3) is 2.91. The average Bonchev–Trinajstić information content (AvgIpc) is 3.15. The standard InChI is InChI=1S/C17H22N6O/c1-22-7-5-14-13(11-22)10-18-16(20-14)12-3-8-23(9-4-12)17(24)15-2-6-19-21-15/h2,6,10,12H,3-5,7-9,11H2,1H3,(H,19,21). The summed E-state index contributed by atoms with van der Waals surface area (Å²) in [5, 5.41) is 6.60. The van der Waals surface area contributed by atoms with Gasteiger partial charge in [0.1, 0.15) is 11.5 Å². The highest BCUT2D eigenvalue weighted by molar-refractivity contribution is 5.92. The minimum absolute atomic E-state index is 0.0281. The predicted octanol–water partition coefficient (Wildman–Crippen LogP) is 1.21. The maximum Gasteiger partial charge on any atom is 0.271 e. The number of H-pyrrole nitrogens is 1. The Balaban J connectivity index is 1.42. The second-order valence-corrected chi connectivity index (χ2v) is 6.72. The molecule has 0 radical (unpaired) electrons. The highest BCUT2D eigenvalue weighted by Gasteiger charge is 2.27. The van der Waals surface area contributed by atoms with Crippen LogP contribution in [-0.2, 0) is 13.0 Å². The van der Waals surface area contributed by atoms with Crippen LogP contribution >= 0.6 is 0 Å². The van der Waals surface area contributed by atoms with E-state index in [-0.39, 0.29) is 5.91 Å². The molecule has 24 heavy (non-hydrogen) atoms. The molecule has 0 aromatic carbocycles. The van der Waals surface area contributed by atoms with Gasteiger partial charge in [0.25, 0.3) is 5.91 Å². The van der Waals surface area contributed by atoms with Crippen molar-refractivity contribution >= 4 is 5.91 Å². The van der Waals surface area contributed by atoms with Crippen LogP contribution in [0.25, 0.3) is 0 Å². The van der Waals surface area contributed by atoms with Crippen molar-refractivity contribution in [1.82, 2.24) is 30.0 Å². The van der Waals surface area contributed by atoms with E-state index >= 15 is 0 Å². The molecule has 7 nitrogen and oxygen atoms in total. The highest BCUT2D eigenvalue weighted by Crippen LogP contribution is 2.27. The molecule has 1 fully saturated rings. The molecule has 1 amide bonds. The Kier molecular flexibility index (Phi) is 4.02. The summed E-state index contributed by atoms with van der Waals surface area (Å²) >= 11 is 0. The van der Waals surface area contributed by atoms with Crippen LogP contribution in [0, 0.1) is 0 Å². The van der Waals surface area contributed by atoms with E-state index in [1.807, 2.05) is 11.1 Å². The first-order valence-corrected chi connectivity index (χ1v) is 8.52. The van der Waals surface area contributed by atoms with Crippen LogP contribution in [0.3, 0.4) is 0 Å². The minimum atomic E-state index is 0.0281. The van der Waals surface area contributed by atoms with Crippen LogP contribution in [-0.4, -0.2) is 62.6 Å². The van der Waals surface area contributed by atoms with Gasteiger partial charge in [0.05, 0.1) is 0 Å². The molecule has 0 atom stereocenters. The largest absolute Gasteiger partial charge is 0.337 e. The van der Waals surface area contributed by atoms with E-state index in [0.29, 0.717) is 11.6 Å². The summed E-state index contributed by atoms with van der Waals surface area (Å²) < 4.78 is 0. The molecule has 0 aliphatic carbocycles. The van der Waals surface area contributed by atoms with Crippen molar-refractivity contribution in [3.05, 3.63) is 41.2 Å². The fourth-order valence-electron chi connectivity index (χ4n) is 3.56. The number of amides is 1. The Hall–Kier alpha value is -2.28. The van der Waals surface area contributed by atoms with Crippen LogP contribution in [0.2, 0.25) is 0 Å². The zero-order valence-electron chi connectivity index (χ0n) is 13.9. The summed E-state index contributed by atoms with van der Waals surface area (Å²) in [5.74, 6) is 1.33. The maximum absolute atomic E-state index is 12.3. The monoisotopic (exact) mass is 326 g/mol. The van der Waals surface area contributed by atoms with Gasteiger partial charge in [0.2, 0.25) is 0 Å². The predicted molar refractivity (Wildman–Crippen MR) is 88.5 cm³/mol. The Bertz CT molecular complexity index is 721. The lowest BCUT2D eigenvalue weighted by Gasteiger charge is -2.31. The molecule has 1 saturated heterocycles. The van der Waals surface area contributed by atoms with E-state index in [0.717, 1.165) is 51.3 Å². The van der Waals surface area contributed by atoms with Crippen molar-refractivity contribution in [2.75, 3.05) is 26.7 Å². The normalized spacial score (nSPS) is 19.3. The number of nitrogens with zero attached hydrogens (tertiary/aromatic N) is 5. The molecule has 0 unspecified atom stereocenters. The number of likely N-dealkylation sites (N-methyl/N-ethyl adjacent to an activating group) is 1. The number of fused-ring (bicyclic) bond motifs is 1. The molecule has 2 aromatic rings. The van der Waals surface area contributed by atoms with Gasteiger partial charge < -0.3 is 9.80 Å². The summed E-state index contributed by atoms with van der Waals surface area (Å²) in [7, 11) is 2.13. The quantitative estimate of drug-likeness (QED) is 0.897. The molecular formula is C17H22N6O. The Morgan fingerprint density at radius 3 is 2.88 bits per heavy atom. The molecule has 0 spiro atoms. The number of aromatic amines is 1. The Morgan fingerprint density at radius 1 is 1.29 bits per heavy atom. The molecule has 2 aliphatic heterocycles. The highest BCUT2D eigenvalue weighted by atomic mass is 16.2. The lowest BCUT2D eigenvalue weighted by atomic mass is 9.95. The molecule has 7 heteroatoms. The van der Waals surface area contributed by atoms with Crippen molar-refractivity contribution in [1.29, 1.82) is 0 Å². The van der Waals surface area contributed by atoms with Gasteiger partial charge >= 0.3 is 0 Å². The van der Waals surface area contributed by atoms with Gasteiger partial charge in [-0.2, -0.15) is 5.10 Å². The van der Waals surface area contributed by atoms with Gasteiger partial charge in [-0.05, 0) is 26.0 Å². The van der Waals surface area contributed by atoms with Crippen LogP contribution < -0.4 is 0 Å². The van der Waals surface area contributed by atoms with Crippen molar-refractivity contribution in [3.8, 4) is 0 Å². The first-order chi connectivity index (χ1) is 11.7. The van der Waals surface area contributed by atoms with E-state index in [1.165, 1.54) is 11.3 Å². The van der Waals surface area contributed by atoms with Crippen molar-refractivity contribution in [2.24, 2.45) is 0 Å². The third-order valence-corrected chi connectivity index (χ3v) is 5.02. The second kappa shape index (κ2) is 6.32. The molecule has 126 valence electrons. The van der Waals surface area contributed by atoms with Gasteiger partial charge in [-0.15, -0.1) is 0 Å². The number of likely N-dealkylation sites (tertiary alicyclic amines) is 1. The number of nitrogens with one attached hydrogen (secondary N) is 1. The van der Waals surface area contributed by atoms with Crippen molar-refractivity contribution < 1.29 is 4.79 Å². The first-order valence-electron chi connectivity index (χ1n) is 8.52. The van der Waals surface area contributed by atoms with Crippen molar-refractivity contribution in [2.45, 2.75) is 31.7 Å². The number of carbonyl (C=O) groups is 1. The molecular weight excluding hydrogens is 304 g/mol. The van der Waals surface area contributed by atoms with Gasteiger partial charge in [0.15, 0.2) is 0 Å². The fourth-order valence-corrected chi connectivity index (χ4v) is 3.56. The van der Waals surface area contributed by atoms with Gasteiger partial charge in [-0.1, -0.05) is 0 Å². The molecule has 4 rings (SSSR count). The molecule has 4 heterocycles. The van der Waals surface area contributed by atoms with Gasteiger partial charge in [0, 0.05) is 62.2 Å². The van der Waals surface area contributed by atoms with E-state index in [2.05, 4.69) is 27.1 Å². The maximum atomic E-state index is 12.3. The van der Waals surface area contributed by atoms with E-state index in [1.54, 1.807) is 12.3 Å². The number of rotatable bonds is 2. The smallest absolute Gasteiger partial charge is 0.271 e. The number of carbonyl (C=O) groups excluding carboxylic acids is 1. The fraction of sp³-hybridized carbons (Fsp3) is 0.529. The van der Waals surface area contributed by atoms with Gasteiger partial charge in [-0.3, -0.25) is 9.89 Å². The number of aromatic nitrogens is 4. The molecule has 1 N–H and O–H groups in total. The lowest BCUT2D eigenvalue weighted by Crippen LogP contribution is -2.38. The minimum Gasteiger partial charge on any atom is -0.337 e. The lowest BCUT2D eigenvalue weighted by molar-refractivity contribution is 0.0705. The summed E-state index contributed by atoms with van der Waals surface area (Å²) in [6, 6.07) is 1.72. The number of piperidine rings is 1. The van der Waals surface area contributed by atoms with E-state index < -0.39 is 0 Å². The average molecular weight is 326 g/mol. The molecule has 2 aliphatic rings. The SMILES string of the molecule is CN1CCc2nc(C3CCN(C(=O)c4ccn[nH]4)CC3)ncc2C1. The summed E-state index contributed by atoms with van der Waals surface area (Å²) in [4.78, 5) is 26.0. The number of hydrogen-bond donors (Lipinski definition) is 1. The zero-order valence-corrected chi connectivity index (χ0v) is 13.9. The van der Waals surface area contributed by atoms with E-state index in [4.69, 9.17) is 4.98 Å². The third-order valence-electron chi connectivity index (χ3n) is 5.02. The second-order valence-electron chi connectivity index (χ2n) is 6.72. The number of hydrogen-bond acceptors (Lipinski definition) is 5. The topological polar surface area (TPSA) is 78.0 Å². The zero-order chi connectivity index (χ0) is 16.5. The van der Waals surface area contributed by atoms with E-state index in [9.17, 15) is 4.79 Å². The van der Waals surface area contributed by atoms with Crippen LogP contribution in [0.15, 0.2) is 18.5 Å². The van der Waals surface area contributed by atoms with Gasteiger partial charge in [-0.25, -0.2) is 9.97 Å². The van der Waals surface area contributed by atoms with Crippen LogP contribution in [0.1, 0.15) is 46.3 Å². The van der Waals surface area contributed by atoms with Crippen molar-refractivity contribution in [3.63, 3.8) is 0 Å². The Labute approximate surface area is 141 Å². The molecule has 0 bridgehead atoms. The van der Waals surface area contributed by atoms with Crippen LogP contribution in [0.5, 0.6) is 0 Å². The molecule has 0 saturated carbocycles. The summed E-state index contributed by atoms with van der Waals surface area (Å²) in [6.45, 7) is 3.48. The summed E-state index contributed by atoms with van der Waals surface area (Å²) in [6.07, 6.45) is 6.43. The molecule has 2 aromatic heterocycles. The first kappa shape index (κ1) is 15.3.